The number of rotatable bonds is 3. The van der Waals surface area contributed by atoms with Crippen LogP contribution in [0.2, 0.25) is 0 Å². The monoisotopic (exact) mass is 171 g/mol. The highest BCUT2D eigenvalue weighted by molar-refractivity contribution is 4.85. The summed E-state index contributed by atoms with van der Waals surface area (Å²) in [7, 11) is 4.03. The molecule has 0 aliphatic carbocycles. The van der Waals surface area contributed by atoms with Gasteiger partial charge in [-0.2, -0.15) is 0 Å². The minimum Gasteiger partial charge on any atom is -0.380 e. The highest BCUT2D eigenvalue weighted by Gasteiger charge is 2.30. The quantitative estimate of drug-likeness (QED) is 0.641. The Hall–Kier alpha value is -0.0800. The molecule has 2 unspecified atom stereocenters. The maximum absolute atomic E-state index is 5.52. The van der Waals surface area contributed by atoms with Crippen LogP contribution in [0.1, 0.15) is 26.7 Å². The fourth-order valence-corrected chi connectivity index (χ4v) is 2.22. The van der Waals surface area contributed by atoms with Gasteiger partial charge >= 0.3 is 0 Å². The van der Waals surface area contributed by atoms with E-state index in [1.165, 1.54) is 19.4 Å². The molecule has 2 atom stereocenters. The van der Waals surface area contributed by atoms with Gasteiger partial charge in [-0.05, 0) is 32.4 Å². The summed E-state index contributed by atoms with van der Waals surface area (Å²) < 4.78 is 5.52. The van der Waals surface area contributed by atoms with Crippen LogP contribution in [-0.2, 0) is 4.74 Å². The van der Waals surface area contributed by atoms with Crippen molar-refractivity contribution in [1.29, 1.82) is 0 Å². The zero-order chi connectivity index (χ0) is 9.14. The minimum atomic E-state index is 0.414. The van der Waals surface area contributed by atoms with Gasteiger partial charge < -0.3 is 9.64 Å². The first kappa shape index (κ1) is 10.0. The standard InChI is InChI=1S/C10H21NO/c1-8(2)10(12-4)9-6-5-7-11(9)3/h8-10H,5-7H2,1-4H3. The van der Waals surface area contributed by atoms with Gasteiger partial charge in [-0.3, -0.25) is 0 Å². The maximum Gasteiger partial charge on any atom is 0.0749 e. The van der Waals surface area contributed by atoms with Crippen LogP contribution in [0.15, 0.2) is 0 Å². The lowest BCUT2D eigenvalue weighted by atomic mass is 9.98. The first-order chi connectivity index (χ1) is 5.66. The molecule has 1 heterocycles. The Morgan fingerprint density at radius 2 is 2.08 bits per heavy atom. The molecular formula is C10H21NO. The molecule has 0 bridgehead atoms. The molecular weight excluding hydrogens is 150 g/mol. The van der Waals surface area contributed by atoms with Gasteiger partial charge in [-0.1, -0.05) is 13.8 Å². The van der Waals surface area contributed by atoms with E-state index in [0.717, 1.165) is 0 Å². The second-order valence-corrected chi connectivity index (χ2v) is 4.13. The molecule has 0 saturated carbocycles. The average molecular weight is 171 g/mol. The second kappa shape index (κ2) is 4.24. The summed E-state index contributed by atoms with van der Waals surface area (Å²) in [5.74, 6) is 0.626. The van der Waals surface area contributed by atoms with Gasteiger partial charge in [0.1, 0.15) is 0 Å². The lowest BCUT2D eigenvalue weighted by Gasteiger charge is -2.30. The van der Waals surface area contributed by atoms with Crippen LogP contribution in [0.5, 0.6) is 0 Å². The van der Waals surface area contributed by atoms with E-state index in [9.17, 15) is 0 Å². The Morgan fingerprint density at radius 1 is 1.42 bits per heavy atom. The summed E-state index contributed by atoms with van der Waals surface area (Å²) in [5.41, 5.74) is 0. The Bertz CT molecular complexity index is 136. The molecule has 72 valence electrons. The van der Waals surface area contributed by atoms with E-state index >= 15 is 0 Å². The van der Waals surface area contributed by atoms with Crippen LogP contribution in [0.25, 0.3) is 0 Å². The van der Waals surface area contributed by atoms with Gasteiger partial charge in [-0.25, -0.2) is 0 Å². The van der Waals surface area contributed by atoms with E-state index < -0.39 is 0 Å². The summed E-state index contributed by atoms with van der Waals surface area (Å²) >= 11 is 0. The molecule has 1 aliphatic rings. The highest BCUT2D eigenvalue weighted by Crippen LogP contribution is 2.23. The van der Waals surface area contributed by atoms with Gasteiger partial charge in [-0.15, -0.1) is 0 Å². The number of hydrogen-bond donors (Lipinski definition) is 0. The second-order valence-electron chi connectivity index (χ2n) is 4.13. The molecule has 0 radical (unpaired) electrons. The summed E-state index contributed by atoms with van der Waals surface area (Å²) in [6, 6.07) is 0.648. The Balaban J connectivity index is 2.52. The van der Waals surface area contributed by atoms with Crippen LogP contribution in [0.3, 0.4) is 0 Å². The predicted octanol–water partition coefficient (Wildman–Crippen LogP) is 1.75. The zero-order valence-corrected chi connectivity index (χ0v) is 8.71. The van der Waals surface area contributed by atoms with Gasteiger partial charge in [0.25, 0.3) is 0 Å². The number of hydrogen-bond acceptors (Lipinski definition) is 2. The van der Waals surface area contributed by atoms with Gasteiger partial charge in [0.15, 0.2) is 0 Å². The van der Waals surface area contributed by atoms with Crippen LogP contribution < -0.4 is 0 Å². The van der Waals surface area contributed by atoms with Crippen molar-refractivity contribution in [1.82, 2.24) is 4.90 Å². The molecule has 1 aliphatic heterocycles. The number of likely N-dealkylation sites (tertiary alicyclic amines) is 1. The van der Waals surface area contributed by atoms with Crippen molar-refractivity contribution in [2.75, 3.05) is 20.7 Å². The zero-order valence-electron chi connectivity index (χ0n) is 8.71. The average Bonchev–Trinajstić information content (AvgIpc) is 2.38. The van der Waals surface area contributed by atoms with E-state index in [0.29, 0.717) is 18.1 Å². The topological polar surface area (TPSA) is 12.5 Å². The number of likely N-dealkylation sites (N-methyl/N-ethyl adjacent to an activating group) is 1. The fraction of sp³-hybridized carbons (Fsp3) is 1.00. The lowest BCUT2D eigenvalue weighted by Crippen LogP contribution is -2.40. The van der Waals surface area contributed by atoms with E-state index in [-0.39, 0.29) is 0 Å². The smallest absolute Gasteiger partial charge is 0.0749 e. The first-order valence-corrected chi connectivity index (χ1v) is 4.90. The van der Waals surface area contributed by atoms with E-state index in [1.54, 1.807) is 0 Å². The molecule has 12 heavy (non-hydrogen) atoms. The van der Waals surface area contributed by atoms with Crippen molar-refractivity contribution in [3.63, 3.8) is 0 Å². The van der Waals surface area contributed by atoms with Crippen LogP contribution in [-0.4, -0.2) is 37.7 Å². The SMILES string of the molecule is COC(C(C)C)C1CCCN1C. The van der Waals surface area contributed by atoms with Gasteiger partial charge in [0.05, 0.1) is 6.10 Å². The molecule has 0 amide bonds. The number of nitrogens with zero attached hydrogens (tertiary/aromatic N) is 1. The molecule has 2 nitrogen and oxygen atoms in total. The summed E-state index contributed by atoms with van der Waals surface area (Å²) in [5, 5.41) is 0. The summed E-state index contributed by atoms with van der Waals surface area (Å²) in [6.45, 7) is 5.71. The fourth-order valence-electron chi connectivity index (χ4n) is 2.22. The molecule has 0 N–H and O–H groups in total. The largest absolute Gasteiger partial charge is 0.380 e. The summed E-state index contributed by atoms with van der Waals surface area (Å²) in [6.07, 6.45) is 3.04. The van der Waals surface area contributed by atoms with E-state index in [2.05, 4.69) is 25.8 Å². The van der Waals surface area contributed by atoms with E-state index in [1.807, 2.05) is 7.11 Å². The Kier molecular flexibility index (Phi) is 3.53. The molecule has 0 aromatic heterocycles. The Labute approximate surface area is 75.9 Å². The first-order valence-electron chi connectivity index (χ1n) is 4.90. The van der Waals surface area contributed by atoms with Crippen LogP contribution in [0.4, 0.5) is 0 Å². The normalized spacial score (nSPS) is 28.2. The van der Waals surface area contributed by atoms with E-state index in [4.69, 9.17) is 4.74 Å². The molecule has 0 spiro atoms. The third kappa shape index (κ3) is 1.99. The van der Waals surface area contributed by atoms with Crippen molar-refractivity contribution in [3.05, 3.63) is 0 Å². The molecule has 0 aromatic carbocycles. The molecule has 2 heteroatoms. The molecule has 1 saturated heterocycles. The highest BCUT2D eigenvalue weighted by atomic mass is 16.5. The Morgan fingerprint density at radius 3 is 2.42 bits per heavy atom. The minimum absolute atomic E-state index is 0.414. The van der Waals surface area contributed by atoms with Gasteiger partial charge in [0, 0.05) is 13.2 Å². The van der Waals surface area contributed by atoms with Crippen molar-refractivity contribution < 1.29 is 4.74 Å². The third-order valence-corrected chi connectivity index (χ3v) is 2.89. The third-order valence-electron chi connectivity index (χ3n) is 2.89. The molecule has 1 fully saturated rings. The van der Waals surface area contributed by atoms with Crippen LogP contribution >= 0.6 is 0 Å². The van der Waals surface area contributed by atoms with Gasteiger partial charge in [0.2, 0.25) is 0 Å². The van der Waals surface area contributed by atoms with Crippen molar-refractivity contribution in [2.24, 2.45) is 5.92 Å². The molecule has 1 rings (SSSR count). The van der Waals surface area contributed by atoms with Crippen molar-refractivity contribution >= 4 is 0 Å². The van der Waals surface area contributed by atoms with Crippen molar-refractivity contribution in [2.45, 2.75) is 38.8 Å². The summed E-state index contributed by atoms with van der Waals surface area (Å²) in [4.78, 5) is 2.42. The number of ether oxygens (including phenoxy) is 1. The number of methoxy groups -OCH3 is 1. The van der Waals surface area contributed by atoms with Crippen LogP contribution in [0, 0.1) is 5.92 Å². The van der Waals surface area contributed by atoms with Crippen molar-refractivity contribution in [3.8, 4) is 0 Å². The predicted molar refractivity (Wildman–Crippen MR) is 51.3 cm³/mol. The maximum atomic E-state index is 5.52. The molecule has 0 aromatic rings. The lowest BCUT2D eigenvalue weighted by molar-refractivity contribution is 0.00807.